The second-order valence-corrected chi connectivity index (χ2v) is 5.97. The van der Waals surface area contributed by atoms with Gasteiger partial charge in [0.15, 0.2) is 11.5 Å². The van der Waals surface area contributed by atoms with Crippen molar-refractivity contribution in [1.29, 1.82) is 0 Å². The van der Waals surface area contributed by atoms with E-state index in [4.69, 9.17) is 26.2 Å². The molecule has 0 amide bonds. The molecule has 1 N–H and O–H groups in total. The Morgan fingerprint density at radius 1 is 1.38 bits per heavy atom. The highest BCUT2D eigenvalue weighted by atomic mass is 35.5. The van der Waals surface area contributed by atoms with Crippen molar-refractivity contribution in [2.45, 2.75) is 20.4 Å². The Balaban J connectivity index is 2.16. The number of carboxylic acid groups (broad SMARTS) is 1. The molecule has 2 rings (SSSR count). The first kappa shape index (κ1) is 15.9. The zero-order chi connectivity index (χ0) is 15.4. The van der Waals surface area contributed by atoms with Crippen molar-refractivity contribution in [3.05, 3.63) is 22.7 Å². The van der Waals surface area contributed by atoms with Crippen LogP contribution in [0.3, 0.4) is 0 Å². The summed E-state index contributed by atoms with van der Waals surface area (Å²) in [4.78, 5) is 12.9. The lowest BCUT2D eigenvalue weighted by Gasteiger charge is -2.24. The van der Waals surface area contributed by atoms with E-state index in [0.717, 1.165) is 5.56 Å². The average Bonchev–Trinajstić information content (AvgIpc) is 2.37. The minimum atomic E-state index is -0.834. The molecule has 1 aromatic rings. The standard InChI is InChI=1S/C15H20ClNO4/c1-10(2)7-17(9-14(18)19)8-11-5-12(16)15-13(6-11)20-3-4-21-15/h5-6,10H,3-4,7-9H2,1-2H3,(H,18,19). The van der Waals surface area contributed by atoms with E-state index in [9.17, 15) is 4.79 Å². The third-order valence-corrected chi connectivity index (χ3v) is 3.33. The maximum Gasteiger partial charge on any atom is 0.317 e. The molecule has 0 radical (unpaired) electrons. The summed E-state index contributed by atoms with van der Waals surface area (Å²) in [5.74, 6) is 0.750. The van der Waals surface area contributed by atoms with Crippen molar-refractivity contribution in [2.24, 2.45) is 5.92 Å². The van der Waals surface area contributed by atoms with Crippen LogP contribution in [0.25, 0.3) is 0 Å². The maximum atomic E-state index is 11.0. The van der Waals surface area contributed by atoms with Gasteiger partial charge in [0.25, 0.3) is 0 Å². The number of nitrogens with zero attached hydrogens (tertiary/aromatic N) is 1. The fourth-order valence-corrected chi connectivity index (χ4v) is 2.69. The number of hydrogen-bond donors (Lipinski definition) is 1. The van der Waals surface area contributed by atoms with Crippen molar-refractivity contribution in [2.75, 3.05) is 26.3 Å². The molecule has 0 bridgehead atoms. The van der Waals surface area contributed by atoms with Crippen LogP contribution >= 0.6 is 11.6 Å². The molecule has 116 valence electrons. The normalized spacial score (nSPS) is 13.8. The van der Waals surface area contributed by atoms with Gasteiger partial charge in [0.2, 0.25) is 0 Å². The third kappa shape index (κ3) is 4.51. The molecule has 1 aliphatic rings. The van der Waals surface area contributed by atoms with Crippen LogP contribution in [0.1, 0.15) is 19.4 Å². The van der Waals surface area contributed by atoms with Gasteiger partial charge in [-0.3, -0.25) is 9.69 Å². The van der Waals surface area contributed by atoms with Gasteiger partial charge >= 0.3 is 5.97 Å². The zero-order valence-electron chi connectivity index (χ0n) is 12.3. The number of ether oxygens (including phenoxy) is 2. The number of hydrogen-bond acceptors (Lipinski definition) is 4. The van der Waals surface area contributed by atoms with E-state index >= 15 is 0 Å². The number of carbonyl (C=O) groups is 1. The van der Waals surface area contributed by atoms with Crippen molar-refractivity contribution < 1.29 is 19.4 Å². The molecule has 0 aliphatic carbocycles. The van der Waals surface area contributed by atoms with E-state index in [1.807, 2.05) is 17.0 Å². The van der Waals surface area contributed by atoms with E-state index < -0.39 is 5.97 Å². The highest BCUT2D eigenvalue weighted by Crippen LogP contribution is 2.38. The van der Waals surface area contributed by atoms with E-state index in [-0.39, 0.29) is 6.54 Å². The predicted octanol–water partition coefficient (Wildman–Crippen LogP) is 2.65. The Labute approximate surface area is 129 Å². The van der Waals surface area contributed by atoms with Gasteiger partial charge in [-0.05, 0) is 23.6 Å². The first-order valence-electron chi connectivity index (χ1n) is 6.98. The molecular weight excluding hydrogens is 294 g/mol. The number of halogens is 1. The van der Waals surface area contributed by atoms with Crippen molar-refractivity contribution in [1.82, 2.24) is 4.90 Å². The predicted molar refractivity (Wildman–Crippen MR) is 80.2 cm³/mol. The molecule has 0 atom stereocenters. The molecule has 0 saturated heterocycles. The van der Waals surface area contributed by atoms with Gasteiger partial charge in [-0.25, -0.2) is 0 Å². The first-order valence-corrected chi connectivity index (χ1v) is 7.35. The number of carboxylic acids is 1. The van der Waals surface area contributed by atoms with Gasteiger partial charge in [0.1, 0.15) is 13.2 Å². The number of aliphatic carboxylic acids is 1. The molecule has 6 heteroatoms. The Morgan fingerprint density at radius 2 is 2.10 bits per heavy atom. The monoisotopic (exact) mass is 313 g/mol. The Hall–Kier alpha value is -1.46. The molecule has 0 saturated carbocycles. The van der Waals surface area contributed by atoms with Gasteiger partial charge in [-0.2, -0.15) is 0 Å². The lowest BCUT2D eigenvalue weighted by atomic mass is 10.1. The number of fused-ring (bicyclic) bond motifs is 1. The molecule has 5 nitrogen and oxygen atoms in total. The van der Waals surface area contributed by atoms with Crippen LogP contribution in [-0.2, 0) is 11.3 Å². The summed E-state index contributed by atoms with van der Waals surface area (Å²) in [6, 6.07) is 3.68. The second kappa shape index (κ2) is 7.00. The van der Waals surface area contributed by atoms with Gasteiger partial charge in [0.05, 0.1) is 11.6 Å². The van der Waals surface area contributed by atoms with Crippen LogP contribution < -0.4 is 9.47 Å². The summed E-state index contributed by atoms with van der Waals surface area (Å²) in [7, 11) is 0. The highest BCUT2D eigenvalue weighted by molar-refractivity contribution is 6.32. The average molecular weight is 314 g/mol. The molecule has 0 fully saturated rings. The topological polar surface area (TPSA) is 59.0 Å². The SMILES string of the molecule is CC(C)CN(CC(=O)O)Cc1cc(Cl)c2c(c1)OCCO2. The molecule has 0 aromatic heterocycles. The van der Waals surface area contributed by atoms with E-state index in [0.29, 0.717) is 48.7 Å². The maximum absolute atomic E-state index is 11.0. The largest absolute Gasteiger partial charge is 0.486 e. The van der Waals surface area contributed by atoms with Gasteiger partial charge < -0.3 is 14.6 Å². The summed E-state index contributed by atoms with van der Waals surface area (Å²) in [6.45, 7) is 6.34. The van der Waals surface area contributed by atoms with E-state index in [1.54, 1.807) is 0 Å². The van der Waals surface area contributed by atoms with E-state index in [1.165, 1.54) is 0 Å². The fourth-order valence-electron chi connectivity index (χ4n) is 2.41. The molecule has 1 aliphatic heterocycles. The van der Waals surface area contributed by atoms with Crippen molar-refractivity contribution >= 4 is 17.6 Å². The number of rotatable bonds is 6. The summed E-state index contributed by atoms with van der Waals surface area (Å²) < 4.78 is 11.0. The summed E-state index contributed by atoms with van der Waals surface area (Å²) >= 11 is 6.20. The smallest absolute Gasteiger partial charge is 0.317 e. The summed E-state index contributed by atoms with van der Waals surface area (Å²) in [5, 5.41) is 9.51. The molecule has 1 aromatic carbocycles. The van der Waals surface area contributed by atoms with Crippen molar-refractivity contribution in [3.63, 3.8) is 0 Å². The van der Waals surface area contributed by atoms with Gasteiger partial charge in [-0.15, -0.1) is 0 Å². The third-order valence-electron chi connectivity index (χ3n) is 3.05. The molecule has 21 heavy (non-hydrogen) atoms. The minimum Gasteiger partial charge on any atom is -0.486 e. The van der Waals surface area contributed by atoms with Crippen LogP contribution in [0.2, 0.25) is 5.02 Å². The van der Waals surface area contributed by atoms with Crippen LogP contribution in [0.4, 0.5) is 0 Å². The second-order valence-electron chi connectivity index (χ2n) is 5.56. The Bertz CT molecular complexity index is 519. The Kier molecular flexibility index (Phi) is 5.31. The lowest BCUT2D eigenvalue weighted by molar-refractivity contribution is -0.138. The zero-order valence-corrected chi connectivity index (χ0v) is 13.0. The summed E-state index contributed by atoms with van der Waals surface area (Å²) in [5.41, 5.74) is 0.922. The van der Waals surface area contributed by atoms with Crippen molar-refractivity contribution in [3.8, 4) is 11.5 Å². The summed E-state index contributed by atoms with van der Waals surface area (Å²) in [6.07, 6.45) is 0. The quantitative estimate of drug-likeness (QED) is 0.875. The first-order chi connectivity index (χ1) is 9.95. The minimum absolute atomic E-state index is 0.00421. The Morgan fingerprint density at radius 3 is 2.76 bits per heavy atom. The van der Waals surface area contributed by atoms with Crippen LogP contribution in [-0.4, -0.2) is 42.3 Å². The van der Waals surface area contributed by atoms with E-state index in [2.05, 4.69) is 13.8 Å². The van der Waals surface area contributed by atoms with Gasteiger partial charge in [0, 0.05) is 13.1 Å². The molecule has 0 spiro atoms. The molecule has 1 heterocycles. The molecule has 0 unspecified atom stereocenters. The fraction of sp³-hybridized carbons (Fsp3) is 0.533. The van der Waals surface area contributed by atoms with Gasteiger partial charge in [-0.1, -0.05) is 25.4 Å². The van der Waals surface area contributed by atoms with Crippen LogP contribution in [0, 0.1) is 5.92 Å². The van der Waals surface area contributed by atoms with Crippen LogP contribution in [0.5, 0.6) is 11.5 Å². The lowest BCUT2D eigenvalue weighted by Crippen LogP contribution is -2.32. The number of benzene rings is 1. The highest BCUT2D eigenvalue weighted by Gasteiger charge is 2.18. The molecular formula is C15H20ClNO4. The van der Waals surface area contributed by atoms with Crippen LogP contribution in [0.15, 0.2) is 12.1 Å².